The summed E-state index contributed by atoms with van der Waals surface area (Å²) in [6.45, 7) is 7.02. The van der Waals surface area contributed by atoms with E-state index in [0.717, 1.165) is 32.7 Å². The maximum absolute atomic E-state index is 9.45. The third-order valence-corrected chi connectivity index (χ3v) is 2.28. The van der Waals surface area contributed by atoms with Crippen molar-refractivity contribution >= 4 is 0 Å². The standard InChI is InChI=1S/C9H20N2O/c1-2-3-5-11-6-4-10-7-9(12)8-11/h9-10,12H,2-8H2,1H3. The molecule has 1 atom stereocenters. The van der Waals surface area contributed by atoms with E-state index in [2.05, 4.69) is 17.1 Å². The summed E-state index contributed by atoms with van der Waals surface area (Å²) >= 11 is 0. The highest BCUT2D eigenvalue weighted by molar-refractivity contribution is 4.72. The molecule has 1 aliphatic rings. The predicted octanol–water partition coefficient (Wildman–Crippen LogP) is 0.0526. The van der Waals surface area contributed by atoms with Gasteiger partial charge in [-0.1, -0.05) is 13.3 Å². The molecule has 1 heterocycles. The van der Waals surface area contributed by atoms with Crippen LogP contribution in [-0.2, 0) is 0 Å². The number of nitrogens with zero attached hydrogens (tertiary/aromatic N) is 1. The van der Waals surface area contributed by atoms with Gasteiger partial charge in [-0.2, -0.15) is 0 Å². The summed E-state index contributed by atoms with van der Waals surface area (Å²) in [5.41, 5.74) is 0. The fraction of sp³-hybridized carbons (Fsp3) is 1.00. The Hall–Kier alpha value is -0.120. The molecule has 1 aliphatic heterocycles. The summed E-state index contributed by atoms with van der Waals surface area (Å²) < 4.78 is 0. The molecule has 2 N–H and O–H groups in total. The van der Waals surface area contributed by atoms with Crippen LogP contribution in [0.5, 0.6) is 0 Å². The van der Waals surface area contributed by atoms with Crippen molar-refractivity contribution in [2.75, 3.05) is 32.7 Å². The quantitative estimate of drug-likeness (QED) is 0.631. The largest absolute Gasteiger partial charge is 0.390 e. The van der Waals surface area contributed by atoms with Crippen molar-refractivity contribution in [2.24, 2.45) is 0 Å². The first-order valence-electron chi connectivity index (χ1n) is 4.94. The summed E-state index contributed by atoms with van der Waals surface area (Å²) in [6.07, 6.45) is 2.30. The van der Waals surface area contributed by atoms with Gasteiger partial charge in [-0.3, -0.25) is 4.90 Å². The highest BCUT2D eigenvalue weighted by atomic mass is 16.3. The number of hydrogen-bond acceptors (Lipinski definition) is 3. The fourth-order valence-electron chi connectivity index (χ4n) is 1.54. The molecule has 72 valence electrons. The zero-order valence-electron chi connectivity index (χ0n) is 7.92. The molecule has 3 nitrogen and oxygen atoms in total. The first-order valence-corrected chi connectivity index (χ1v) is 4.94. The van der Waals surface area contributed by atoms with Crippen LogP contribution >= 0.6 is 0 Å². The average molecular weight is 172 g/mol. The minimum absolute atomic E-state index is 0.177. The molecule has 0 spiro atoms. The first-order chi connectivity index (χ1) is 5.83. The molecule has 1 rings (SSSR count). The summed E-state index contributed by atoms with van der Waals surface area (Å²) in [7, 11) is 0. The Morgan fingerprint density at radius 3 is 3.17 bits per heavy atom. The Kier molecular flexibility index (Phi) is 4.58. The second-order valence-corrected chi connectivity index (χ2v) is 3.51. The zero-order valence-corrected chi connectivity index (χ0v) is 7.92. The Bertz CT molecular complexity index is 119. The van der Waals surface area contributed by atoms with Crippen LogP contribution in [0.15, 0.2) is 0 Å². The molecule has 0 aromatic carbocycles. The van der Waals surface area contributed by atoms with Gasteiger partial charge in [-0.25, -0.2) is 0 Å². The van der Waals surface area contributed by atoms with E-state index >= 15 is 0 Å². The molecule has 3 heteroatoms. The molecule has 0 radical (unpaired) electrons. The molecule has 1 saturated heterocycles. The smallest absolute Gasteiger partial charge is 0.0791 e. The number of nitrogens with one attached hydrogen (secondary N) is 1. The van der Waals surface area contributed by atoms with Crippen molar-refractivity contribution in [3.8, 4) is 0 Å². The van der Waals surface area contributed by atoms with Crippen molar-refractivity contribution in [1.29, 1.82) is 0 Å². The highest BCUT2D eigenvalue weighted by Gasteiger charge is 2.14. The molecule has 1 fully saturated rings. The van der Waals surface area contributed by atoms with Crippen molar-refractivity contribution in [2.45, 2.75) is 25.9 Å². The number of aliphatic hydroxyl groups excluding tert-OH is 1. The van der Waals surface area contributed by atoms with Gasteiger partial charge >= 0.3 is 0 Å². The van der Waals surface area contributed by atoms with Gasteiger partial charge in [0.25, 0.3) is 0 Å². The number of β-amino-alcohol motifs (C(OH)–C–C–N with tert-alkyl or cyclic N) is 1. The summed E-state index contributed by atoms with van der Waals surface area (Å²) in [5.74, 6) is 0. The Labute approximate surface area is 74.8 Å². The van der Waals surface area contributed by atoms with Crippen molar-refractivity contribution < 1.29 is 5.11 Å². The van der Waals surface area contributed by atoms with Gasteiger partial charge in [0.05, 0.1) is 6.10 Å². The molecule has 0 amide bonds. The molecular formula is C9H20N2O. The molecule has 0 aromatic rings. The lowest BCUT2D eigenvalue weighted by Gasteiger charge is -2.20. The van der Waals surface area contributed by atoms with Gasteiger partial charge in [0, 0.05) is 26.2 Å². The normalized spacial score (nSPS) is 27.0. The van der Waals surface area contributed by atoms with Crippen LogP contribution in [0, 0.1) is 0 Å². The second-order valence-electron chi connectivity index (χ2n) is 3.51. The minimum atomic E-state index is -0.177. The van der Waals surface area contributed by atoms with E-state index in [1.165, 1.54) is 12.8 Å². The molecule has 0 bridgehead atoms. The van der Waals surface area contributed by atoms with Crippen molar-refractivity contribution in [3.63, 3.8) is 0 Å². The van der Waals surface area contributed by atoms with E-state index in [4.69, 9.17) is 0 Å². The number of hydrogen-bond donors (Lipinski definition) is 2. The topological polar surface area (TPSA) is 35.5 Å². The predicted molar refractivity (Wildman–Crippen MR) is 50.2 cm³/mol. The average Bonchev–Trinajstić information content (AvgIpc) is 2.26. The zero-order chi connectivity index (χ0) is 8.81. The van der Waals surface area contributed by atoms with E-state index in [9.17, 15) is 5.11 Å². The van der Waals surface area contributed by atoms with Gasteiger partial charge in [0.2, 0.25) is 0 Å². The lowest BCUT2D eigenvalue weighted by molar-refractivity contribution is 0.130. The third kappa shape index (κ3) is 3.52. The maximum atomic E-state index is 9.45. The molecular weight excluding hydrogens is 152 g/mol. The Morgan fingerprint density at radius 2 is 2.42 bits per heavy atom. The minimum Gasteiger partial charge on any atom is -0.390 e. The van der Waals surface area contributed by atoms with E-state index < -0.39 is 0 Å². The molecule has 12 heavy (non-hydrogen) atoms. The van der Waals surface area contributed by atoms with Gasteiger partial charge in [0.15, 0.2) is 0 Å². The van der Waals surface area contributed by atoms with Crippen LogP contribution in [0.2, 0.25) is 0 Å². The molecule has 0 aromatic heterocycles. The van der Waals surface area contributed by atoms with Crippen LogP contribution in [0.4, 0.5) is 0 Å². The summed E-state index contributed by atoms with van der Waals surface area (Å²) in [4.78, 5) is 2.34. The first kappa shape index (κ1) is 9.96. The molecule has 0 saturated carbocycles. The van der Waals surface area contributed by atoms with E-state index in [1.54, 1.807) is 0 Å². The molecule has 0 aliphatic carbocycles. The monoisotopic (exact) mass is 172 g/mol. The summed E-state index contributed by atoms with van der Waals surface area (Å²) in [5, 5.41) is 12.7. The Morgan fingerprint density at radius 1 is 1.58 bits per heavy atom. The van der Waals surface area contributed by atoms with Gasteiger partial charge in [0.1, 0.15) is 0 Å². The lowest BCUT2D eigenvalue weighted by atomic mass is 10.3. The van der Waals surface area contributed by atoms with Gasteiger partial charge in [-0.05, 0) is 13.0 Å². The van der Waals surface area contributed by atoms with E-state index in [1.807, 2.05) is 0 Å². The number of unbranched alkanes of at least 4 members (excludes halogenated alkanes) is 1. The van der Waals surface area contributed by atoms with Crippen LogP contribution in [-0.4, -0.2) is 48.8 Å². The molecule has 1 unspecified atom stereocenters. The van der Waals surface area contributed by atoms with E-state index in [-0.39, 0.29) is 6.10 Å². The van der Waals surface area contributed by atoms with E-state index in [0.29, 0.717) is 0 Å². The number of aliphatic hydroxyl groups is 1. The third-order valence-electron chi connectivity index (χ3n) is 2.28. The van der Waals surface area contributed by atoms with Crippen LogP contribution in [0.3, 0.4) is 0 Å². The van der Waals surface area contributed by atoms with Crippen molar-refractivity contribution in [1.82, 2.24) is 10.2 Å². The van der Waals surface area contributed by atoms with Gasteiger partial charge in [-0.15, -0.1) is 0 Å². The van der Waals surface area contributed by atoms with Crippen LogP contribution < -0.4 is 5.32 Å². The summed E-state index contributed by atoms with van der Waals surface area (Å²) in [6, 6.07) is 0. The Balaban J connectivity index is 2.21. The SMILES string of the molecule is CCCCN1CCNCC(O)C1. The van der Waals surface area contributed by atoms with Crippen molar-refractivity contribution in [3.05, 3.63) is 0 Å². The van der Waals surface area contributed by atoms with Gasteiger partial charge < -0.3 is 10.4 Å². The second kappa shape index (κ2) is 5.51. The van der Waals surface area contributed by atoms with Crippen LogP contribution in [0.25, 0.3) is 0 Å². The lowest BCUT2D eigenvalue weighted by Crippen LogP contribution is -2.33. The number of rotatable bonds is 3. The van der Waals surface area contributed by atoms with Crippen LogP contribution in [0.1, 0.15) is 19.8 Å². The maximum Gasteiger partial charge on any atom is 0.0791 e. The highest BCUT2D eigenvalue weighted by Crippen LogP contribution is 1.99. The fourth-order valence-corrected chi connectivity index (χ4v) is 1.54.